The van der Waals surface area contributed by atoms with Crippen molar-refractivity contribution in [1.29, 1.82) is 0 Å². The second kappa shape index (κ2) is 5.75. The summed E-state index contributed by atoms with van der Waals surface area (Å²) in [5.74, 6) is 0. The van der Waals surface area contributed by atoms with Crippen LogP contribution >= 0.6 is 11.3 Å². The fourth-order valence-corrected chi connectivity index (χ4v) is 5.63. The van der Waals surface area contributed by atoms with Crippen molar-refractivity contribution in [2.45, 2.75) is 43.7 Å². The number of aromatic nitrogens is 3. The summed E-state index contributed by atoms with van der Waals surface area (Å²) in [6.45, 7) is 2.08. The van der Waals surface area contributed by atoms with Gasteiger partial charge in [-0.05, 0) is 31.7 Å². The van der Waals surface area contributed by atoms with Crippen molar-refractivity contribution in [2.24, 2.45) is 7.05 Å². The zero-order chi connectivity index (χ0) is 15.9. The van der Waals surface area contributed by atoms with Crippen molar-refractivity contribution < 1.29 is 8.42 Å². The average molecular weight is 340 g/mol. The summed E-state index contributed by atoms with van der Waals surface area (Å²) in [4.78, 5) is 5.75. The second-order valence-electron chi connectivity index (χ2n) is 5.49. The Morgan fingerprint density at radius 3 is 2.91 bits per heavy atom. The van der Waals surface area contributed by atoms with Gasteiger partial charge in [0.05, 0.1) is 22.9 Å². The molecule has 0 aliphatic heterocycles. The van der Waals surface area contributed by atoms with Crippen LogP contribution < -0.4 is 0 Å². The van der Waals surface area contributed by atoms with Crippen LogP contribution in [-0.4, -0.2) is 34.5 Å². The van der Waals surface area contributed by atoms with E-state index in [9.17, 15) is 8.42 Å². The first-order valence-corrected chi connectivity index (χ1v) is 9.65. The SMILES string of the molecule is CCc1nc2c(s1)C(N(C)S(=O)(=O)c1ccnn1C)CCC2. The van der Waals surface area contributed by atoms with E-state index in [0.29, 0.717) is 0 Å². The molecule has 1 aliphatic carbocycles. The molecule has 1 unspecified atom stereocenters. The summed E-state index contributed by atoms with van der Waals surface area (Å²) in [6.07, 6.45) is 5.15. The number of nitrogens with zero attached hydrogens (tertiary/aromatic N) is 4. The molecule has 0 aromatic carbocycles. The third-order valence-corrected chi connectivity index (χ3v) is 7.41. The van der Waals surface area contributed by atoms with Crippen molar-refractivity contribution in [1.82, 2.24) is 19.1 Å². The zero-order valence-corrected chi connectivity index (χ0v) is 14.6. The number of hydrogen-bond acceptors (Lipinski definition) is 5. The lowest BCUT2D eigenvalue weighted by Crippen LogP contribution is -2.33. The third kappa shape index (κ3) is 2.49. The first-order valence-electron chi connectivity index (χ1n) is 7.39. The molecule has 0 bridgehead atoms. The Balaban J connectivity index is 1.99. The molecule has 0 fully saturated rings. The van der Waals surface area contributed by atoms with Gasteiger partial charge in [-0.25, -0.2) is 13.4 Å². The first-order chi connectivity index (χ1) is 10.4. The van der Waals surface area contributed by atoms with Gasteiger partial charge in [0.2, 0.25) is 0 Å². The predicted octanol–water partition coefficient (Wildman–Crippen LogP) is 2.14. The van der Waals surface area contributed by atoms with E-state index < -0.39 is 10.0 Å². The summed E-state index contributed by atoms with van der Waals surface area (Å²) in [7, 11) is -0.246. The number of hydrogen-bond donors (Lipinski definition) is 0. The van der Waals surface area contributed by atoms with E-state index in [1.807, 2.05) is 0 Å². The maximum Gasteiger partial charge on any atom is 0.260 e. The number of sulfonamides is 1. The molecule has 22 heavy (non-hydrogen) atoms. The molecule has 0 amide bonds. The van der Waals surface area contributed by atoms with E-state index in [4.69, 9.17) is 0 Å². The van der Waals surface area contributed by atoms with Crippen molar-refractivity contribution in [3.05, 3.63) is 27.8 Å². The van der Waals surface area contributed by atoms with Crippen LogP contribution in [0, 0.1) is 0 Å². The first kappa shape index (κ1) is 15.6. The lowest BCUT2D eigenvalue weighted by atomic mass is 9.98. The number of thiazole rings is 1. The molecular formula is C14H20N4O2S2. The van der Waals surface area contributed by atoms with E-state index in [2.05, 4.69) is 17.0 Å². The fourth-order valence-electron chi connectivity index (χ4n) is 2.88. The Morgan fingerprint density at radius 2 is 2.27 bits per heavy atom. The Hall–Kier alpha value is -1.25. The standard InChI is InChI=1S/C14H20N4O2S2/c1-4-12-16-10-6-5-7-11(14(10)21-12)18(3)22(19,20)13-8-9-15-17(13)2/h8-9,11H,4-7H2,1-3H3. The number of aryl methyl sites for hydroxylation is 3. The van der Waals surface area contributed by atoms with Crippen LogP contribution in [0.2, 0.25) is 0 Å². The maximum atomic E-state index is 12.8. The van der Waals surface area contributed by atoms with E-state index in [1.54, 1.807) is 31.5 Å². The minimum atomic E-state index is -3.55. The van der Waals surface area contributed by atoms with Crippen LogP contribution in [0.15, 0.2) is 17.3 Å². The van der Waals surface area contributed by atoms with Crippen LogP contribution in [0.5, 0.6) is 0 Å². The van der Waals surface area contributed by atoms with Gasteiger partial charge in [0.25, 0.3) is 10.0 Å². The Labute approximate surface area is 134 Å². The Morgan fingerprint density at radius 1 is 1.50 bits per heavy atom. The summed E-state index contributed by atoms with van der Waals surface area (Å²) >= 11 is 1.65. The highest BCUT2D eigenvalue weighted by Crippen LogP contribution is 2.39. The molecule has 2 aromatic rings. The molecule has 0 saturated heterocycles. The average Bonchev–Trinajstić information content (AvgIpc) is 3.11. The highest BCUT2D eigenvalue weighted by atomic mass is 32.2. The van der Waals surface area contributed by atoms with E-state index in [1.165, 1.54) is 15.2 Å². The van der Waals surface area contributed by atoms with Crippen molar-refractivity contribution in [2.75, 3.05) is 7.05 Å². The van der Waals surface area contributed by atoms with Gasteiger partial charge in [0.15, 0.2) is 5.03 Å². The quantitative estimate of drug-likeness (QED) is 0.855. The van der Waals surface area contributed by atoms with Gasteiger partial charge in [0.1, 0.15) is 0 Å². The molecule has 1 atom stereocenters. The molecule has 0 saturated carbocycles. The Bertz CT molecular complexity index is 779. The molecule has 8 heteroatoms. The minimum absolute atomic E-state index is 0.124. The molecule has 120 valence electrons. The monoisotopic (exact) mass is 340 g/mol. The predicted molar refractivity (Wildman–Crippen MR) is 85.3 cm³/mol. The maximum absolute atomic E-state index is 12.8. The molecular weight excluding hydrogens is 320 g/mol. The van der Waals surface area contributed by atoms with Crippen molar-refractivity contribution >= 4 is 21.4 Å². The summed E-state index contributed by atoms with van der Waals surface area (Å²) in [5.41, 5.74) is 1.07. The number of rotatable bonds is 4. The van der Waals surface area contributed by atoms with Gasteiger partial charge in [-0.1, -0.05) is 6.92 Å². The minimum Gasteiger partial charge on any atom is -0.256 e. The zero-order valence-electron chi connectivity index (χ0n) is 13.0. The largest absolute Gasteiger partial charge is 0.260 e. The van der Waals surface area contributed by atoms with Crippen LogP contribution in [-0.2, 0) is 29.9 Å². The third-order valence-electron chi connectivity index (χ3n) is 4.13. The molecule has 3 rings (SSSR count). The molecule has 6 nitrogen and oxygen atoms in total. The van der Waals surface area contributed by atoms with Gasteiger partial charge in [-0.2, -0.15) is 9.40 Å². The summed E-state index contributed by atoms with van der Waals surface area (Å²) in [5, 5.41) is 5.28. The van der Waals surface area contributed by atoms with Crippen LogP contribution in [0.4, 0.5) is 0 Å². The van der Waals surface area contributed by atoms with Crippen molar-refractivity contribution in [3.63, 3.8) is 0 Å². The van der Waals surface area contributed by atoms with Crippen LogP contribution in [0.25, 0.3) is 0 Å². The normalized spacial score (nSPS) is 18.6. The second-order valence-corrected chi connectivity index (χ2v) is 8.55. The van der Waals surface area contributed by atoms with Gasteiger partial charge in [-0.15, -0.1) is 11.3 Å². The highest BCUT2D eigenvalue weighted by molar-refractivity contribution is 7.89. The molecule has 0 spiro atoms. The topological polar surface area (TPSA) is 68.1 Å². The van der Waals surface area contributed by atoms with Gasteiger partial charge in [0, 0.05) is 19.0 Å². The summed E-state index contributed by atoms with van der Waals surface area (Å²) in [6, 6.07) is 1.42. The molecule has 2 aromatic heterocycles. The van der Waals surface area contributed by atoms with Crippen LogP contribution in [0.1, 0.15) is 41.4 Å². The van der Waals surface area contributed by atoms with Gasteiger partial charge < -0.3 is 0 Å². The van der Waals surface area contributed by atoms with E-state index >= 15 is 0 Å². The smallest absolute Gasteiger partial charge is 0.256 e. The lowest BCUT2D eigenvalue weighted by Gasteiger charge is -2.29. The van der Waals surface area contributed by atoms with E-state index in [0.717, 1.165) is 41.3 Å². The molecule has 0 N–H and O–H groups in total. The van der Waals surface area contributed by atoms with Crippen LogP contribution in [0.3, 0.4) is 0 Å². The lowest BCUT2D eigenvalue weighted by molar-refractivity contribution is 0.338. The van der Waals surface area contributed by atoms with E-state index in [-0.39, 0.29) is 11.1 Å². The Kier molecular flexibility index (Phi) is 4.09. The molecule has 2 heterocycles. The van der Waals surface area contributed by atoms with Crippen molar-refractivity contribution in [3.8, 4) is 0 Å². The molecule has 0 radical (unpaired) electrons. The fraction of sp³-hybridized carbons (Fsp3) is 0.571. The number of fused-ring (bicyclic) bond motifs is 1. The summed E-state index contributed by atoms with van der Waals surface area (Å²) < 4.78 is 28.6. The van der Waals surface area contributed by atoms with Gasteiger partial charge in [-0.3, -0.25) is 4.68 Å². The molecule has 1 aliphatic rings. The highest BCUT2D eigenvalue weighted by Gasteiger charge is 2.35. The van der Waals surface area contributed by atoms with Gasteiger partial charge >= 0.3 is 0 Å².